The standard InChI is InChI=1S/C19H13F6N3O/c20-18(21,22)12-3-1-2-11(10-12)16-15-8-9-26-17(15)28(27-16)13-4-6-14(7-5-13)29-19(23,24)25/h1-7,10,26H,8-9H2. The van der Waals surface area contributed by atoms with Gasteiger partial charge in [-0.05, 0) is 42.8 Å². The van der Waals surface area contributed by atoms with Crippen molar-refractivity contribution in [1.29, 1.82) is 0 Å². The summed E-state index contributed by atoms with van der Waals surface area (Å²) in [4.78, 5) is 0. The first-order chi connectivity index (χ1) is 13.6. The number of ether oxygens (including phenoxy) is 1. The van der Waals surface area contributed by atoms with E-state index in [1.165, 1.54) is 22.9 Å². The van der Waals surface area contributed by atoms with Crippen molar-refractivity contribution in [3.05, 3.63) is 59.7 Å². The number of fused-ring (bicyclic) bond motifs is 1. The second-order valence-corrected chi connectivity index (χ2v) is 6.38. The summed E-state index contributed by atoms with van der Waals surface area (Å²) in [7, 11) is 0. The summed E-state index contributed by atoms with van der Waals surface area (Å²) < 4.78 is 81.4. The van der Waals surface area contributed by atoms with Crippen molar-refractivity contribution in [1.82, 2.24) is 9.78 Å². The summed E-state index contributed by atoms with van der Waals surface area (Å²) in [6, 6.07) is 9.96. The summed E-state index contributed by atoms with van der Waals surface area (Å²) >= 11 is 0. The molecule has 0 fully saturated rings. The number of nitrogens with zero attached hydrogens (tertiary/aromatic N) is 2. The lowest BCUT2D eigenvalue weighted by Crippen LogP contribution is -2.17. The molecule has 0 aliphatic carbocycles. The third kappa shape index (κ3) is 3.87. The first kappa shape index (κ1) is 19.2. The Morgan fingerprint density at radius 2 is 1.69 bits per heavy atom. The molecule has 1 N–H and O–H groups in total. The van der Waals surface area contributed by atoms with E-state index >= 15 is 0 Å². The molecule has 0 spiro atoms. The molecule has 152 valence electrons. The summed E-state index contributed by atoms with van der Waals surface area (Å²) in [5.74, 6) is 0.220. The maximum Gasteiger partial charge on any atom is 0.573 e. The van der Waals surface area contributed by atoms with Gasteiger partial charge in [0, 0.05) is 17.7 Å². The van der Waals surface area contributed by atoms with E-state index in [-0.39, 0.29) is 5.75 Å². The molecule has 2 heterocycles. The van der Waals surface area contributed by atoms with Crippen LogP contribution in [0.25, 0.3) is 16.9 Å². The molecule has 3 aromatic rings. The summed E-state index contributed by atoms with van der Waals surface area (Å²) in [5.41, 5.74) is 1.13. The number of nitrogens with one attached hydrogen (secondary N) is 1. The Labute approximate surface area is 160 Å². The largest absolute Gasteiger partial charge is 0.573 e. The fraction of sp³-hybridized carbons (Fsp3) is 0.211. The van der Waals surface area contributed by atoms with Gasteiger partial charge in [-0.2, -0.15) is 18.3 Å². The number of alkyl halides is 6. The molecule has 4 nitrogen and oxygen atoms in total. The molecular weight excluding hydrogens is 400 g/mol. The minimum Gasteiger partial charge on any atom is -0.406 e. The first-order valence-electron chi connectivity index (χ1n) is 8.51. The lowest BCUT2D eigenvalue weighted by atomic mass is 10.0. The van der Waals surface area contributed by atoms with E-state index in [9.17, 15) is 26.3 Å². The topological polar surface area (TPSA) is 39.1 Å². The highest BCUT2D eigenvalue weighted by molar-refractivity contribution is 5.73. The lowest BCUT2D eigenvalue weighted by molar-refractivity contribution is -0.274. The minimum absolute atomic E-state index is 0.315. The smallest absolute Gasteiger partial charge is 0.406 e. The molecule has 0 radical (unpaired) electrons. The SMILES string of the molecule is FC(F)(F)Oc1ccc(-n2nc(-c3cccc(C(F)(F)F)c3)c3c2NCC3)cc1. The van der Waals surface area contributed by atoms with Crippen LogP contribution in [0, 0.1) is 0 Å². The van der Waals surface area contributed by atoms with E-state index < -0.39 is 18.1 Å². The average Bonchev–Trinajstić information content (AvgIpc) is 3.23. The molecule has 1 aliphatic rings. The summed E-state index contributed by atoms with van der Waals surface area (Å²) in [5, 5.41) is 7.55. The van der Waals surface area contributed by atoms with Crippen LogP contribution in [0.2, 0.25) is 0 Å². The highest BCUT2D eigenvalue weighted by Crippen LogP contribution is 2.37. The van der Waals surface area contributed by atoms with Crippen LogP contribution in [0.4, 0.5) is 32.2 Å². The molecule has 0 saturated carbocycles. The van der Waals surface area contributed by atoms with Gasteiger partial charge in [-0.1, -0.05) is 12.1 Å². The quantitative estimate of drug-likeness (QED) is 0.583. The number of halogens is 6. The third-order valence-corrected chi connectivity index (χ3v) is 4.43. The van der Waals surface area contributed by atoms with Gasteiger partial charge in [0.1, 0.15) is 11.6 Å². The second kappa shape index (κ2) is 6.71. The number of aromatic nitrogens is 2. The van der Waals surface area contributed by atoms with Gasteiger partial charge >= 0.3 is 12.5 Å². The van der Waals surface area contributed by atoms with E-state index in [2.05, 4.69) is 15.2 Å². The van der Waals surface area contributed by atoms with Gasteiger partial charge in [0.2, 0.25) is 0 Å². The molecule has 1 aromatic heterocycles. The minimum atomic E-state index is -4.80. The molecule has 0 unspecified atom stereocenters. The Kier molecular flexibility index (Phi) is 4.44. The van der Waals surface area contributed by atoms with Crippen molar-refractivity contribution < 1.29 is 31.1 Å². The molecular formula is C19H13F6N3O. The molecule has 2 aromatic carbocycles. The fourth-order valence-corrected chi connectivity index (χ4v) is 3.23. The Morgan fingerprint density at radius 1 is 0.966 bits per heavy atom. The molecule has 0 bridgehead atoms. The van der Waals surface area contributed by atoms with E-state index in [4.69, 9.17) is 0 Å². The highest BCUT2D eigenvalue weighted by atomic mass is 19.4. The molecule has 0 atom stereocenters. The average molecular weight is 413 g/mol. The molecule has 10 heteroatoms. The Morgan fingerprint density at radius 3 is 2.34 bits per heavy atom. The lowest BCUT2D eigenvalue weighted by Gasteiger charge is -2.10. The zero-order valence-electron chi connectivity index (χ0n) is 14.6. The van der Waals surface area contributed by atoms with Gasteiger partial charge in [0.25, 0.3) is 0 Å². The first-order valence-corrected chi connectivity index (χ1v) is 8.51. The Hall–Kier alpha value is -3.17. The normalized spacial score (nSPS) is 13.9. The number of anilines is 1. The van der Waals surface area contributed by atoms with Crippen molar-refractivity contribution in [3.8, 4) is 22.7 Å². The fourth-order valence-electron chi connectivity index (χ4n) is 3.23. The van der Waals surface area contributed by atoms with E-state index in [0.29, 0.717) is 35.7 Å². The van der Waals surface area contributed by atoms with Crippen molar-refractivity contribution in [2.45, 2.75) is 19.0 Å². The van der Waals surface area contributed by atoms with E-state index in [1.807, 2.05) is 0 Å². The molecule has 0 saturated heterocycles. The van der Waals surface area contributed by atoms with Crippen LogP contribution in [0.1, 0.15) is 11.1 Å². The van der Waals surface area contributed by atoms with Crippen molar-refractivity contribution in [3.63, 3.8) is 0 Å². The Bertz CT molecular complexity index is 1040. The van der Waals surface area contributed by atoms with Crippen molar-refractivity contribution >= 4 is 5.82 Å². The number of hydrogen-bond donors (Lipinski definition) is 1. The van der Waals surface area contributed by atoms with Gasteiger partial charge < -0.3 is 10.1 Å². The zero-order chi connectivity index (χ0) is 20.8. The molecule has 1 aliphatic heterocycles. The van der Waals surface area contributed by atoms with Crippen LogP contribution in [0.15, 0.2) is 48.5 Å². The third-order valence-electron chi connectivity index (χ3n) is 4.43. The maximum atomic E-state index is 13.1. The maximum absolute atomic E-state index is 13.1. The van der Waals surface area contributed by atoms with Crippen LogP contribution in [0.3, 0.4) is 0 Å². The van der Waals surface area contributed by atoms with Gasteiger partial charge in [0.15, 0.2) is 0 Å². The predicted octanol–water partition coefficient (Wildman–Crippen LogP) is 5.42. The van der Waals surface area contributed by atoms with E-state index in [1.54, 1.807) is 6.07 Å². The molecule has 0 amide bonds. The van der Waals surface area contributed by atoms with Gasteiger partial charge in [0.05, 0.1) is 16.9 Å². The molecule has 4 rings (SSSR count). The Balaban J connectivity index is 1.73. The summed E-state index contributed by atoms with van der Waals surface area (Å²) in [6.45, 7) is 0.578. The van der Waals surface area contributed by atoms with E-state index in [0.717, 1.165) is 29.8 Å². The van der Waals surface area contributed by atoms with Crippen LogP contribution >= 0.6 is 0 Å². The predicted molar refractivity (Wildman–Crippen MR) is 92.9 cm³/mol. The number of rotatable bonds is 3. The van der Waals surface area contributed by atoms with Gasteiger partial charge in [-0.3, -0.25) is 0 Å². The van der Waals surface area contributed by atoms with Crippen LogP contribution in [0.5, 0.6) is 5.75 Å². The zero-order valence-corrected chi connectivity index (χ0v) is 14.6. The number of benzene rings is 2. The van der Waals surface area contributed by atoms with Crippen molar-refractivity contribution in [2.75, 3.05) is 11.9 Å². The number of hydrogen-bond acceptors (Lipinski definition) is 3. The van der Waals surface area contributed by atoms with Crippen LogP contribution in [-0.4, -0.2) is 22.7 Å². The van der Waals surface area contributed by atoms with Gasteiger partial charge in [-0.15, -0.1) is 13.2 Å². The van der Waals surface area contributed by atoms with Crippen LogP contribution < -0.4 is 10.1 Å². The monoisotopic (exact) mass is 413 g/mol. The highest BCUT2D eigenvalue weighted by Gasteiger charge is 2.32. The van der Waals surface area contributed by atoms with Gasteiger partial charge in [-0.25, -0.2) is 4.68 Å². The second-order valence-electron chi connectivity index (χ2n) is 6.38. The summed E-state index contributed by atoms with van der Waals surface area (Å²) in [6.07, 6.45) is -8.71. The van der Waals surface area contributed by atoms with Crippen LogP contribution in [-0.2, 0) is 12.6 Å². The van der Waals surface area contributed by atoms with Crippen molar-refractivity contribution in [2.24, 2.45) is 0 Å². The molecule has 29 heavy (non-hydrogen) atoms.